The Hall–Kier alpha value is -1.77. The molecule has 3 atom stereocenters. The summed E-state index contributed by atoms with van der Waals surface area (Å²) in [7, 11) is 0. The van der Waals surface area contributed by atoms with Gasteiger partial charge in [-0.2, -0.15) is 0 Å². The molecule has 0 spiro atoms. The van der Waals surface area contributed by atoms with E-state index in [0.29, 0.717) is 0 Å². The minimum Gasteiger partial charge on any atom is -0.392 e. The van der Waals surface area contributed by atoms with E-state index in [0.717, 1.165) is 10.8 Å². The summed E-state index contributed by atoms with van der Waals surface area (Å²) < 4.78 is 14.8. The van der Waals surface area contributed by atoms with E-state index >= 15 is 0 Å². The van der Waals surface area contributed by atoms with Gasteiger partial charge in [0, 0.05) is 17.3 Å². The van der Waals surface area contributed by atoms with Crippen molar-refractivity contribution in [2.75, 3.05) is 6.61 Å². The Kier molecular flexibility index (Phi) is 3.40. The van der Waals surface area contributed by atoms with Gasteiger partial charge in [0.05, 0.1) is 6.61 Å². The standard InChI is InChI=1S/C11H13FN2O5/c1-4-2-14(11(19)13-10(4)18)7-6(12)5(3-15)8(16)9(7)17/h2,7-9,15-17H,3H2,1H3,(H,13,18,19). The van der Waals surface area contributed by atoms with Gasteiger partial charge in [0.25, 0.3) is 5.56 Å². The molecule has 19 heavy (non-hydrogen) atoms. The fourth-order valence-corrected chi connectivity index (χ4v) is 2.11. The first kappa shape index (κ1) is 13.7. The average molecular weight is 272 g/mol. The van der Waals surface area contributed by atoms with Gasteiger partial charge in [-0.25, -0.2) is 9.18 Å². The van der Waals surface area contributed by atoms with E-state index in [4.69, 9.17) is 5.11 Å². The molecule has 0 saturated carbocycles. The Balaban J connectivity index is 2.60. The number of rotatable bonds is 2. The topological polar surface area (TPSA) is 116 Å². The lowest BCUT2D eigenvalue weighted by atomic mass is 10.1. The van der Waals surface area contributed by atoms with Crippen molar-refractivity contribution in [3.05, 3.63) is 44.0 Å². The summed E-state index contributed by atoms with van der Waals surface area (Å²) in [4.78, 5) is 24.8. The van der Waals surface area contributed by atoms with Gasteiger partial charge in [-0.05, 0) is 6.92 Å². The Morgan fingerprint density at radius 3 is 2.58 bits per heavy atom. The monoisotopic (exact) mass is 272 g/mol. The molecular weight excluding hydrogens is 259 g/mol. The molecule has 0 fully saturated rings. The van der Waals surface area contributed by atoms with Crippen LogP contribution in [0.4, 0.5) is 4.39 Å². The second kappa shape index (κ2) is 4.72. The van der Waals surface area contributed by atoms with Gasteiger partial charge < -0.3 is 15.3 Å². The Bertz CT molecular complexity index is 647. The number of aromatic amines is 1. The molecule has 7 nitrogen and oxygen atoms in total. The van der Waals surface area contributed by atoms with E-state index in [2.05, 4.69) is 0 Å². The lowest BCUT2D eigenvalue weighted by molar-refractivity contribution is 0.0243. The van der Waals surface area contributed by atoms with E-state index in [1.54, 1.807) is 0 Å². The molecule has 0 radical (unpaired) electrons. The molecule has 0 saturated heterocycles. The molecule has 0 aliphatic heterocycles. The first-order valence-corrected chi connectivity index (χ1v) is 5.56. The molecule has 1 aliphatic rings. The van der Waals surface area contributed by atoms with E-state index in [-0.39, 0.29) is 11.1 Å². The number of nitrogens with zero attached hydrogens (tertiary/aromatic N) is 1. The summed E-state index contributed by atoms with van der Waals surface area (Å²) >= 11 is 0. The van der Waals surface area contributed by atoms with Crippen LogP contribution in [0.3, 0.4) is 0 Å². The maximum absolute atomic E-state index is 14.0. The van der Waals surface area contributed by atoms with Gasteiger partial charge in [0.1, 0.15) is 24.1 Å². The second-order valence-corrected chi connectivity index (χ2v) is 4.39. The SMILES string of the molecule is Cc1cn(C2C(F)=C(CO)C(O)C2O)c(=O)[nH]c1=O. The van der Waals surface area contributed by atoms with Crippen LogP contribution < -0.4 is 11.2 Å². The summed E-state index contributed by atoms with van der Waals surface area (Å²) in [5.41, 5.74) is -1.72. The van der Waals surface area contributed by atoms with Crippen LogP contribution in [0.2, 0.25) is 0 Å². The summed E-state index contributed by atoms with van der Waals surface area (Å²) in [6.07, 6.45) is -2.10. The Morgan fingerprint density at radius 1 is 1.42 bits per heavy atom. The molecule has 0 amide bonds. The molecule has 1 aromatic rings. The lowest BCUT2D eigenvalue weighted by Crippen LogP contribution is -2.39. The van der Waals surface area contributed by atoms with E-state index in [1.165, 1.54) is 6.92 Å². The highest BCUT2D eigenvalue weighted by Crippen LogP contribution is 2.36. The van der Waals surface area contributed by atoms with Crippen molar-refractivity contribution in [3.63, 3.8) is 0 Å². The molecule has 1 aliphatic carbocycles. The smallest absolute Gasteiger partial charge is 0.329 e. The molecule has 4 N–H and O–H groups in total. The number of H-pyrrole nitrogens is 1. The van der Waals surface area contributed by atoms with E-state index in [1.807, 2.05) is 4.98 Å². The maximum Gasteiger partial charge on any atom is 0.329 e. The van der Waals surface area contributed by atoms with Crippen LogP contribution in [0.15, 0.2) is 27.2 Å². The highest BCUT2D eigenvalue weighted by molar-refractivity contribution is 5.28. The summed E-state index contributed by atoms with van der Waals surface area (Å²) in [5, 5.41) is 28.3. The molecule has 0 aromatic carbocycles. The highest BCUT2D eigenvalue weighted by Gasteiger charge is 2.43. The second-order valence-electron chi connectivity index (χ2n) is 4.39. The molecule has 8 heteroatoms. The first-order chi connectivity index (χ1) is 8.88. The van der Waals surface area contributed by atoms with Crippen LogP contribution in [0.5, 0.6) is 0 Å². The predicted molar refractivity (Wildman–Crippen MR) is 62.3 cm³/mol. The van der Waals surface area contributed by atoms with Crippen LogP contribution in [0.25, 0.3) is 0 Å². The van der Waals surface area contributed by atoms with Crippen LogP contribution in [-0.2, 0) is 0 Å². The fraction of sp³-hybridized carbons (Fsp3) is 0.455. The van der Waals surface area contributed by atoms with Gasteiger partial charge in [-0.15, -0.1) is 0 Å². The molecule has 104 valence electrons. The predicted octanol–water partition coefficient (Wildman–Crippen LogP) is -1.66. The lowest BCUT2D eigenvalue weighted by Gasteiger charge is -2.19. The minimum absolute atomic E-state index is 0.159. The van der Waals surface area contributed by atoms with Gasteiger partial charge in [0.15, 0.2) is 0 Å². The number of aryl methyl sites for hydroxylation is 1. The van der Waals surface area contributed by atoms with Crippen LogP contribution >= 0.6 is 0 Å². The van der Waals surface area contributed by atoms with Crippen molar-refractivity contribution in [1.29, 1.82) is 0 Å². The number of hydrogen-bond donors (Lipinski definition) is 4. The summed E-state index contributed by atoms with van der Waals surface area (Å²) in [6, 6.07) is -1.46. The summed E-state index contributed by atoms with van der Waals surface area (Å²) in [5.74, 6) is -0.976. The Labute approximate surface area is 106 Å². The van der Waals surface area contributed by atoms with Gasteiger partial charge >= 0.3 is 5.69 Å². The summed E-state index contributed by atoms with van der Waals surface area (Å²) in [6.45, 7) is 0.652. The number of hydrogen-bond acceptors (Lipinski definition) is 5. The first-order valence-electron chi connectivity index (χ1n) is 5.56. The number of aliphatic hydroxyl groups excluding tert-OH is 3. The maximum atomic E-state index is 14.0. The third kappa shape index (κ3) is 2.03. The van der Waals surface area contributed by atoms with Crippen molar-refractivity contribution in [1.82, 2.24) is 9.55 Å². The largest absolute Gasteiger partial charge is 0.392 e. The normalized spacial score (nSPS) is 27.1. The highest BCUT2D eigenvalue weighted by atomic mass is 19.1. The molecular formula is C11H13FN2O5. The molecule has 2 rings (SSSR count). The van der Waals surface area contributed by atoms with Gasteiger partial charge in [0.2, 0.25) is 0 Å². The average Bonchev–Trinajstić information content (AvgIpc) is 2.56. The van der Waals surface area contributed by atoms with Crippen molar-refractivity contribution >= 4 is 0 Å². The molecule has 3 unspecified atom stereocenters. The third-order valence-corrected chi connectivity index (χ3v) is 3.19. The zero-order valence-corrected chi connectivity index (χ0v) is 10.00. The van der Waals surface area contributed by atoms with Crippen LogP contribution in [0, 0.1) is 6.92 Å². The molecule has 1 aromatic heterocycles. The fourth-order valence-electron chi connectivity index (χ4n) is 2.11. The van der Waals surface area contributed by atoms with Gasteiger partial charge in [-0.1, -0.05) is 0 Å². The number of aromatic nitrogens is 2. The Morgan fingerprint density at radius 2 is 2.05 bits per heavy atom. The number of aliphatic hydroxyl groups is 3. The van der Waals surface area contributed by atoms with Crippen molar-refractivity contribution < 1.29 is 19.7 Å². The quantitative estimate of drug-likeness (QED) is 0.514. The number of halogens is 1. The molecule has 0 bridgehead atoms. The van der Waals surface area contributed by atoms with E-state index in [9.17, 15) is 24.2 Å². The third-order valence-electron chi connectivity index (χ3n) is 3.19. The number of nitrogens with one attached hydrogen (secondary N) is 1. The minimum atomic E-state index is -1.61. The zero-order valence-electron chi connectivity index (χ0n) is 10.00. The zero-order chi connectivity index (χ0) is 14.3. The molecule has 1 heterocycles. The van der Waals surface area contributed by atoms with E-state index < -0.39 is 41.9 Å². The van der Waals surface area contributed by atoms with Crippen LogP contribution in [-0.4, -0.2) is 43.7 Å². The van der Waals surface area contributed by atoms with Crippen molar-refractivity contribution in [2.45, 2.75) is 25.2 Å². The van der Waals surface area contributed by atoms with Crippen molar-refractivity contribution in [3.8, 4) is 0 Å². The van der Waals surface area contributed by atoms with Crippen LogP contribution in [0.1, 0.15) is 11.6 Å². The van der Waals surface area contributed by atoms with Crippen molar-refractivity contribution in [2.24, 2.45) is 0 Å². The van der Waals surface area contributed by atoms with Gasteiger partial charge in [-0.3, -0.25) is 14.3 Å².